The van der Waals surface area contributed by atoms with Crippen molar-refractivity contribution in [3.8, 4) is 0 Å². The van der Waals surface area contributed by atoms with Gasteiger partial charge in [0.05, 0.1) is 10.2 Å². The molecule has 0 aliphatic rings. The van der Waals surface area contributed by atoms with Crippen LogP contribution in [-0.2, 0) is 6.54 Å². The lowest BCUT2D eigenvalue weighted by atomic mass is 10.4. The molecule has 0 unspecified atom stereocenters. The van der Waals surface area contributed by atoms with Gasteiger partial charge in [-0.15, -0.1) is 5.11 Å². The lowest BCUT2D eigenvalue weighted by Gasteiger charge is -1.93. The molecule has 2 aromatic heterocycles. The molecule has 0 saturated heterocycles. The molecule has 0 fully saturated rings. The highest BCUT2D eigenvalue weighted by Crippen LogP contribution is 2.09. The third kappa shape index (κ3) is 3.16. The van der Waals surface area contributed by atoms with Gasteiger partial charge in [0, 0.05) is 18.6 Å². The second kappa shape index (κ2) is 5.41. The summed E-state index contributed by atoms with van der Waals surface area (Å²) in [7, 11) is 0. The summed E-state index contributed by atoms with van der Waals surface area (Å²) >= 11 is 3.24. The average molecular weight is 278 g/mol. The van der Waals surface area contributed by atoms with Crippen LogP contribution in [0, 0.1) is 0 Å². The van der Waals surface area contributed by atoms with Gasteiger partial charge < -0.3 is 0 Å². The standard InChI is InChI=1S/C10H8BrN5/c11-8-5-13-10(14-6-8)16-15-7-9-3-1-2-4-12-9/h1-6H,7H2. The van der Waals surface area contributed by atoms with Crippen molar-refractivity contribution in [2.75, 3.05) is 0 Å². The first-order chi connectivity index (χ1) is 7.84. The molecule has 0 aliphatic carbocycles. The Morgan fingerprint density at radius 1 is 1.12 bits per heavy atom. The topological polar surface area (TPSA) is 63.4 Å². The lowest BCUT2D eigenvalue weighted by Crippen LogP contribution is -1.84. The van der Waals surface area contributed by atoms with Crippen molar-refractivity contribution in [1.29, 1.82) is 0 Å². The van der Waals surface area contributed by atoms with Crippen LogP contribution in [-0.4, -0.2) is 15.0 Å². The first kappa shape index (κ1) is 10.8. The van der Waals surface area contributed by atoms with E-state index in [9.17, 15) is 0 Å². The molecular weight excluding hydrogens is 270 g/mol. The summed E-state index contributed by atoms with van der Waals surface area (Å²) in [4.78, 5) is 12.1. The maximum Gasteiger partial charge on any atom is 0.268 e. The van der Waals surface area contributed by atoms with Gasteiger partial charge in [-0.1, -0.05) is 6.07 Å². The molecule has 0 amide bonds. The van der Waals surface area contributed by atoms with Crippen LogP contribution in [0.1, 0.15) is 5.69 Å². The number of hydrogen-bond acceptors (Lipinski definition) is 5. The molecule has 0 spiro atoms. The lowest BCUT2D eigenvalue weighted by molar-refractivity contribution is 0.892. The predicted molar refractivity (Wildman–Crippen MR) is 62.2 cm³/mol. The van der Waals surface area contributed by atoms with Crippen molar-refractivity contribution in [2.45, 2.75) is 6.54 Å². The summed E-state index contributed by atoms with van der Waals surface area (Å²) in [5.74, 6) is 0.346. The summed E-state index contributed by atoms with van der Waals surface area (Å²) in [6.45, 7) is 0.431. The molecule has 0 saturated carbocycles. The smallest absolute Gasteiger partial charge is 0.259 e. The number of hydrogen-bond donors (Lipinski definition) is 0. The maximum absolute atomic E-state index is 4.12. The number of aromatic nitrogens is 3. The molecule has 0 aromatic carbocycles. The fraction of sp³-hybridized carbons (Fsp3) is 0.100. The maximum atomic E-state index is 4.12. The molecule has 0 aliphatic heterocycles. The van der Waals surface area contributed by atoms with Gasteiger partial charge in [0.1, 0.15) is 6.54 Å². The van der Waals surface area contributed by atoms with Gasteiger partial charge in [-0.05, 0) is 28.1 Å². The molecule has 16 heavy (non-hydrogen) atoms. The zero-order valence-electron chi connectivity index (χ0n) is 8.29. The minimum absolute atomic E-state index is 0.346. The van der Waals surface area contributed by atoms with Crippen LogP contribution >= 0.6 is 15.9 Å². The van der Waals surface area contributed by atoms with Crippen molar-refractivity contribution >= 4 is 21.9 Å². The van der Waals surface area contributed by atoms with E-state index in [1.54, 1.807) is 18.6 Å². The van der Waals surface area contributed by atoms with Gasteiger partial charge in [0.25, 0.3) is 5.95 Å². The quantitative estimate of drug-likeness (QED) is 0.811. The molecule has 0 N–H and O–H groups in total. The number of rotatable bonds is 3. The second-order valence-corrected chi connectivity index (χ2v) is 3.84. The van der Waals surface area contributed by atoms with E-state index in [0.717, 1.165) is 10.2 Å². The van der Waals surface area contributed by atoms with Crippen molar-refractivity contribution < 1.29 is 0 Å². The average Bonchev–Trinajstić information content (AvgIpc) is 2.33. The number of azo groups is 1. The Balaban J connectivity index is 1.98. The molecule has 5 nitrogen and oxygen atoms in total. The molecule has 2 aromatic rings. The highest BCUT2D eigenvalue weighted by Gasteiger charge is 1.93. The van der Waals surface area contributed by atoms with Crippen LogP contribution in [0.3, 0.4) is 0 Å². The fourth-order valence-electron chi connectivity index (χ4n) is 1.02. The van der Waals surface area contributed by atoms with Gasteiger partial charge in [-0.3, -0.25) is 4.98 Å². The van der Waals surface area contributed by atoms with E-state index in [1.807, 2.05) is 18.2 Å². The van der Waals surface area contributed by atoms with E-state index >= 15 is 0 Å². The monoisotopic (exact) mass is 277 g/mol. The minimum atomic E-state index is 0.346. The molecule has 0 radical (unpaired) electrons. The Kier molecular flexibility index (Phi) is 3.66. The molecule has 6 heteroatoms. The fourth-order valence-corrected chi connectivity index (χ4v) is 1.22. The number of pyridine rings is 1. The number of halogens is 1. The Labute approximate surface area is 101 Å². The molecule has 2 heterocycles. The third-order valence-electron chi connectivity index (χ3n) is 1.73. The zero-order chi connectivity index (χ0) is 11.2. The first-order valence-corrected chi connectivity index (χ1v) is 5.39. The van der Waals surface area contributed by atoms with E-state index in [4.69, 9.17) is 0 Å². The molecule has 0 bridgehead atoms. The van der Waals surface area contributed by atoms with Gasteiger partial charge in [-0.2, -0.15) is 5.11 Å². The number of nitrogens with zero attached hydrogens (tertiary/aromatic N) is 5. The van der Waals surface area contributed by atoms with E-state index < -0.39 is 0 Å². The van der Waals surface area contributed by atoms with Crippen LogP contribution in [0.2, 0.25) is 0 Å². The second-order valence-electron chi connectivity index (χ2n) is 2.92. The minimum Gasteiger partial charge on any atom is -0.259 e. The highest BCUT2D eigenvalue weighted by molar-refractivity contribution is 9.10. The molecule has 80 valence electrons. The predicted octanol–water partition coefficient (Wildman–Crippen LogP) is 2.92. The van der Waals surface area contributed by atoms with Crippen molar-refractivity contribution in [1.82, 2.24) is 15.0 Å². The largest absolute Gasteiger partial charge is 0.268 e. The van der Waals surface area contributed by atoms with E-state index in [1.165, 1.54) is 0 Å². The van der Waals surface area contributed by atoms with Crippen LogP contribution in [0.15, 0.2) is 51.5 Å². The molecular formula is C10H8BrN5. The molecule has 0 atom stereocenters. The van der Waals surface area contributed by atoms with Crippen LogP contribution in [0.4, 0.5) is 5.95 Å². The highest BCUT2D eigenvalue weighted by atomic mass is 79.9. The SMILES string of the molecule is Brc1cnc(N=NCc2ccccn2)nc1. The van der Waals surface area contributed by atoms with E-state index in [2.05, 4.69) is 41.1 Å². The third-order valence-corrected chi connectivity index (χ3v) is 2.14. The van der Waals surface area contributed by atoms with Crippen LogP contribution in [0.25, 0.3) is 0 Å². The Hall–Kier alpha value is -1.69. The zero-order valence-corrected chi connectivity index (χ0v) is 9.87. The van der Waals surface area contributed by atoms with Crippen molar-refractivity contribution in [3.05, 3.63) is 47.0 Å². The van der Waals surface area contributed by atoms with Crippen molar-refractivity contribution in [3.63, 3.8) is 0 Å². The van der Waals surface area contributed by atoms with Gasteiger partial charge >= 0.3 is 0 Å². The van der Waals surface area contributed by atoms with Crippen LogP contribution < -0.4 is 0 Å². The summed E-state index contributed by atoms with van der Waals surface area (Å²) in [6, 6.07) is 5.66. The van der Waals surface area contributed by atoms with Gasteiger partial charge in [-0.25, -0.2) is 9.97 Å². The van der Waals surface area contributed by atoms with E-state index in [0.29, 0.717) is 12.5 Å². The summed E-state index contributed by atoms with van der Waals surface area (Å²) in [6.07, 6.45) is 4.98. The summed E-state index contributed by atoms with van der Waals surface area (Å²) in [5, 5.41) is 7.85. The Morgan fingerprint density at radius 3 is 2.62 bits per heavy atom. The first-order valence-electron chi connectivity index (χ1n) is 4.59. The summed E-state index contributed by atoms with van der Waals surface area (Å²) < 4.78 is 0.816. The Bertz CT molecular complexity index is 468. The van der Waals surface area contributed by atoms with Crippen LogP contribution in [0.5, 0.6) is 0 Å². The van der Waals surface area contributed by atoms with Gasteiger partial charge in [0.15, 0.2) is 0 Å². The van der Waals surface area contributed by atoms with Crippen molar-refractivity contribution in [2.24, 2.45) is 10.2 Å². The van der Waals surface area contributed by atoms with Gasteiger partial charge in [0.2, 0.25) is 0 Å². The Morgan fingerprint density at radius 2 is 1.94 bits per heavy atom. The van der Waals surface area contributed by atoms with E-state index in [-0.39, 0.29) is 0 Å². The summed E-state index contributed by atoms with van der Waals surface area (Å²) in [5.41, 5.74) is 0.864. The normalized spacial score (nSPS) is 10.8. The molecule has 2 rings (SSSR count).